The van der Waals surface area contributed by atoms with Gasteiger partial charge in [-0.1, -0.05) is 32.4 Å². The highest BCUT2D eigenvalue weighted by Gasteiger charge is 2.25. The molecular weight excluding hydrogens is 274 g/mol. The van der Waals surface area contributed by atoms with E-state index in [0.717, 1.165) is 0 Å². The van der Waals surface area contributed by atoms with E-state index in [1.54, 1.807) is 49.7 Å². The maximum absolute atomic E-state index is 12.1. The Bertz CT molecular complexity index is 745. The van der Waals surface area contributed by atoms with Crippen LogP contribution >= 0.6 is 11.6 Å². The van der Waals surface area contributed by atoms with Gasteiger partial charge < -0.3 is 4.40 Å². The van der Waals surface area contributed by atoms with Gasteiger partial charge in [0.25, 0.3) is 0 Å². The number of carbonyl (C=O) groups excluding carboxylic acids is 1. The summed E-state index contributed by atoms with van der Waals surface area (Å²) in [7, 11) is 0. The first-order chi connectivity index (χ1) is 9.31. The van der Waals surface area contributed by atoms with Crippen LogP contribution in [0, 0.1) is 16.7 Å². The van der Waals surface area contributed by atoms with Gasteiger partial charge in [-0.05, 0) is 18.2 Å². The Hall–Kier alpha value is -2.12. The summed E-state index contributed by atoms with van der Waals surface area (Å²) < 4.78 is 1.75. The second-order valence-corrected chi connectivity index (χ2v) is 5.96. The number of imidazole rings is 1. The molecule has 0 radical (unpaired) electrons. The summed E-state index contributed by atoms with van der Waals surface area (Å²) >= 11 is 5.90. The predicted octanol–water partition coefficient (Wildman–Crippen LogP) is 3.51. The third-order valence-corrected chi connectivity index (χ3v) is 3.00. The lowest BCUT2D eigenvalue weighted by Gasteiger charge is -2.15. The number of hydrogen-bond acceptors (Lipinski definition) is 3. The number of aromatic nitrogens is 2. The summed E-state index contributed by atoms with van der Waals surface area (Å²) in [5.74, 6) is -0.199. The van der Waals surface area contributed by atoms with Crippen LogP contribution in [0.25, 0.3) is 11.7 Å². The van der Waals surface area contributed by atoms with Gasteiger partial charge in [-0.2, -0.15) is 5.26 Å². The van der Waals surface area contributed by atoms with Crippen molar-refractivity contribution in [2.75, 3.05) is 0 Å². The van der Waals surface area contributed by atoms with Crippen molar-refractivity contribution >= 4 is 29.1 Å². The van der Waals surface area contributed by atoms with Crippen LogP contribution < -0.4 is 0 Å². The Morgan fingerprint density at radius 2 is 2.10 bits per heavy atom. The SMILES string of the molecule is CC(C)(C)C(=O)/C(C#N)=C\c1cn2cc(Cl)ccc2n1. The molecule has 0 aliphatic carbocycles. The zero-order valence-electron chi connectivity index (χ0n) is 11.5. The maximum Gasteiger partial charge on any atom is 0.178 e. The second kappa shape index (κ2) is 5.10. The van der Waals surface area contributed by atoms with E-state index in [9.17, 15) is 4.79 Å². The van der Waals surface area contributed by atoms with E-state index in [4.69, 9.17) is 16.9 Å². The lowest BCUT2D eigenvalue weighted by Crippen LogP contribution is -2.21. The third-order valence-electron chi connectivity index (χ3n) is 2.77. The summed E-state index contributed by atoms with van der Waals surface area (Å²) in [6.45, 7) is 5.35. The molecule has 4 nitrogen and oxygen atoms in total. The van der Waals surface area contributed by atoms with Crippen molar-refractivity contribution in [2.24, 2.45) is 5.41 Å². The molecule has 20 heavy (non-hydrogen) atoms. The first-order valence-corrected chi connectivity index (χ1v) is 6.50. The largest absolute Gasteiger partial charge is 0.305 e. The molecule has 0 bridgehead atoms. The van der Waals surface area contributed by atoms with E-state index >= 15 is 0 Å². The van der Waals surface area contributed by atoms with Crippen LogP contribution in [0.2, 0.25) is 5.02 Å². The Morgan fingerprint density at radius 3 is 2.70 bits per heavy atom. The molecular formula is C15H14ClN3O. The number of nitrogens with zero attached hydrogens (tertiary/aromatic N) is 3. The molecule has 2 aromatic rings. The van der Waals surface area contributed by atoms with Crippen molar-refractivity contribution < 1.29 is 4.79 Å². The number of nitriles is 1. The Kier molecular flexibility index (Phi) is 3.65. The van der Waals surface area contributed by atoms with Crippen LogP contribution in [0.15, 0.2) is 30.1 Å². The molecule has 0 spiro atoms. The molecule has 2 rings (SSSR count). The van der Waals surface area contributed by atoms with Gasteiger partial charge in [0.1, 0.15) is 11.7 Å². The number of allylic oxidation sites excluding steroid dienone is 1. The second-order valence-electron chi connectivity index (χ2n) is 5.53. The number of hydrogen-bond donors (Lipinski definition) is 0. The molecule has 0 saturated heterocycles. The highest BCUT2D eigenvalue weighted by atomic mass is 35.5. The van der Waals surface area contributed by atoms with Crippen molar-refractivity contribution in [3.05, 3.63) is 40.8 Å². The smallest absolute Gasteiger partial charge is 0.178 e. The van der Waals surface area contributed by atoms with Crippen molar-refractivity contribution in [3.8, 4) is 6.07 Å². The minimum Gasteiger partial charge on any atom is -0.305 e. The van der Waals surface area contributed by atoms with E-state index < -0.39 is 5.41 Å². The summed E-state index contributed by atoms with van der Waals surface area (Å²) in [5.41, 5.74) is 0.777. The molecule has 0 N–H and O–H groups in total. The Balaban J connectivity index is 2.45. The quantitative estimate of drug-likeness (QED) is 0.627. The molecule has 5 heteroatoms. The van der Waals surface area contributed by atoms with Crippen LogP contribution in [-0.4, -0.2) is 15.2 Å². The molecule has 0 unspecified atom stereocenters. The average Bonchev–Trinajstić information content (AvgIpc) is 2.75. The van der Waals surface area contributed by atoms with Crippen molar-refractivity contribution in [1.29, 1.82) is 5.26 Å². The minimum atomic E-state index is -0.593. The molecule has 0 atom stereocenters. The van der Waals surface area contributed by atoms with Crippen molar-refractivity contribution in [1.82, 2.24) is 9.38 Å². The monoisotopic (exact) mass is 287 g/mol. The van der Waals surface area contributed by atoms with Crippen molar-refractivity contribution in [2.45, 2.75) is 20.8 Å². The van der Waals surface area contributed by atoms with Gasteiger partial charge in [0.2, 0.25) is 0 Å². The fraction of sp³-hybridized carbons (Fsp3) is 0.267. The number of pyridine rings is 1. The molecule has 0 aliphatic heterocycles. The average molecular weight is 288 g/mol. The summed E-state index contributed by atoms with van der Waals surface area (Å²) in [5, 5.41) is 9.74. The van der Waals surface area contributed by atoms with Gasteiger partial charge in [0, 0.05) is 17.8 Å². The molecule has 2 heterocycles. The lowest BCUT2D eigenvalue weighted by atomic mass is 9.86. The van der Waals surface area contributed by atoms with Crippen LogP contribution in [0.1, 0.15) is 26.5 Å². The molecule has 102 valence electrons. The van der Waals surface area contributed by atoms with E-state index in [0.29, 0.717) is 16.4 Å². The lowest BCUT2D eigenvalue weighted by molar-refractivity contribution is -0.121. The van der Waals surface area contributed by atoms with Gasteiger partial charge in [0.05, 0.1) is 16.3 Å². The molecule has 2 aromatic heterocycles. The highest BCUT2D eigenvalue weighted by Crippen LogP contribution is 2.21. The van der Waals surface area contributed by atoms with Gasteiger partial charge in [-0.3, -0.25) is 4.79 Å². The maximum atomic E-state index is 12.1. The van der Waals surface area contributed by atoms with Crippen LogP contribution in [0.4, 0.5) is 0 Å². The third kappa shape index (κ3) is 2.89. The fourth-order valence-electron chi connectivity index (χ4n) is 1.75. The first kappa shape index (κ1) is 14.3. The zero-order valence-corrected chi connectivity index (χ0v) is 12.3. The minimum absolute atomic E-state index is 0.104. The standard InChI is InChI=1S/C15H14ClN3O/c1-15(2,3)14(20)10(7-17)6-12-9-19-8-11(16)4-5-13(19)18-12/h4-6,8-9H,1-3H3/b10-6-. The highest BCUT2D eigenvalue weighted by molar-refractivity contribution is 6.30. The first-order valence-electron chi connectivity index (χ1n) is 6.12. The topological polar surface area (TPSA) is 58.2 Å². The number of rotatable bonds is 2. The summed E-state index contributed by atoms with van der Waals surface area (Å²) in [4.78, 5) is 16.5. The molecule has 0 aliphatic rings. The number of Topliss-reactive ketones (excluding diaryl/α,β-unsaturated/α-hetero) is 1. The normalized spacial score (nSPS) is 12.4. The van der Waals surface area contributed by atoms with E-state index in [-0.39, 0.29) is 11.4 Å². The number of halogens is 1. The molecule has 0 saturated carbocycles. The van der Waals surface area contributed by atoms with Gasteiger partial charge in [-0.25, -0.2) is 4.98 Å². The fourth-order valence-corrected chi connectivity index (χ4v) is 1.92. The van der Waals surface area contributed by atoms with E-state index in [2.05, 4.69) is 4.98 Å². The van der Waals surface area contributed by atoms with Gasteiger partial charge in [-0.15, -0.1) is 0 Å². The Labute approximate surface area is 122 Å². The van der Waals surface area contributed by atoms with Crippen LogP contribution in [0.5, 0.6) is 0 Å². The molecule has 0 amide bonds. The molecule has 0 fully saturated rings. The van der Waals surface area contributed by atoms with Crippen LogP contribution in [0.3, 0.4) is 0 Å². The zero-order chi connectivity index (χ0) is 14.9. The van der Waals surface area contributed by atoms with E-state index in [1.807, 2.05) is 6.07 Å². The number of carbonyl (C=O) groups is 1. The van der Waals surface area contributed by atoms with E-state index in [1.165, 1.54) is 6.08 Å². The number of fused-ring (bicyclic) bond motifs is 1. The summed E-state index contributed by atoms with van der Waals surface area (Å²) in [6, 6.07) is 5.46. The molecule has 0 aromatic carbocycles. The van der Waals surface area contributed by atoms with Crippen LogP contribution in [-0.2, 0) is 4.79 Å². The number of ketones is 1. The Morgan fingerprint density at radius 1 is 1.40 bits per heavy atom. The van der Waals surface area contributed by atoms with Gasteiger partial charge in [0.15, 0.2) is 5.78 Å². The predicted molar refractivity (Wildman–Crippen MR) is 78.3 cm³/mol. The van der Waals surface area contributed by atoms with Crippen molar-refractivity contribution in [3.63, 3.8) is 0 Å². The van der Waals surface area contributed by atoms with Gasteiger partial charge >= 0.3 is 0 Å². The summed E-state index contributed by atoms with van der Waals surface area (Å²) in [6.07, 6.45) is 4.96.